The van der Waals surface area contributed by atoms with Crippen LogP contribution in [0.5, 0.6) is 5.75 Å². The van der Waals surface area contributed by atoms with Crippen LogP contribution < -0.4 is 9.64 Å². The van der Waals surface area contributed by atoms with Crippen molar-refractivity contribution in [2.45, 2.75) is 12.8 Å². The second-order valence-corrected chi connectivity index (χ2v) is 3.75. The van der Waals surface area contributed by atoms with Gasteiger partial charge < -0.3 is 4.74 Å². The zero-order valence-electron chi connectivity index (χ0n) is 9.60. The summed E-state index contributed by atoms with van der Waals surface area (Å²) in [5, 5.41) is 0. The number of amides is 2. The number of imide groups is 1. The molecule has 2 amide bonds. The summed E-state index contributed by atoms with van der Waals surface area (Å²) in [4.78, 5) is 24.5. The number of hydrogen-bond donors (Lipinski definition) is 0. The van der Waals surface area contributed by atoms with E-state index in [1.165, 1.54) is 4.90 Å². The summed E-state index contributed by atoms with van der Waals surface area (Å²) in [6, 6.07) is 5.18. The summed E-state index contributed by atoms with van der Waals surface area (Å²) in [5.41, 5.74) is 1.29. The maximum absolute atomic E-state index is 11.6. The third kappa shape index (κ3) is 1.93. The summed E-state index contributed by atoms with van der Waals surface area (Å²) >= 11 is 0. The Labute approximate surface area is 99.5 Å². The van der Waals surface area contributed by atoms with E-state index in [4.69, 9.17) is 4.74 Å². The summed E-state index contributed by atoms with van der Waals surface area (Å²) in [5.74, 6) is 0.342. The van der Waals surface area contributed by atoms with Crippen molar-refractivity contribution in [1.82, 2.24) is 0 Å². The fourth-order valence-electron chi connectivity index (χ4n) is 1.87. The van der Waals surface area contributed by atoms with Crippen molar-refractivity contribution in [3.05, 3.63) is 30.3 Å². The fraction of sp³-hybridized carbons (Fsp3) is 0.231. The van der Waals surface area contributed by atoms with E-state index >= 15 is 0 Å². The van der Waals surface area contributed by atoms with Gasteiger partial charge in [-0.2, -0.15) is 0 Å². The lowest BCUT2D eigenvalue weighted by molar-refractivity contribution is -0.121. The van der Waals surface area contributed by atoms with Gasteiger partial charge in [0.25, 0.3) is 0 Å². The lowest BCUT2D eigenvalue weighted by Gasteiger charge is -2.17. The first-order valence-corrected chi connectivity index (χ1v) is 5.33. The van der Waals surface area contributed by atoms with E-state index in [0.717, 1.165) is 0 Å². The molecule has 1 fully saturated rings. The molecule has 1 saturated heterocycles. The van der Waals surface area contributed by atoms with Gasteiger partial charge in [0.1, 0.15) is 5.75 Å². The molecule has 1 aliphatic rings. The smallest absolute Gasteiger partial charge is 0.234 e. The monoisotopic (exact) mass is 231 g/mol. The first-order chi connectivity index (χ1) is 8.17. The van der Waals surface area contributed by atoms with Gasteiger partial charge in [-0.05, 0) is 18.2 Å². The summed E-state index contributed by atoms with van der Waals surface area (Å²) < 4.78 is 5.09. The molecule has 4 nitrogen and oxygen atoms in total. The van der Waals surface area contributed by atoms with Crippen LogP contribution >= 0.6 is 0 Å². The molecule has 1 aromatic carbocycles. The zero-order valence-corrected chi connectivity index (χ0v) is 9.60. The highest BCUT2D eigenvalue weighted by atomic mass is 16.5. The number of benzene rings is 1. The molecule has 0 bridgehead atoms. The van der Waals surface area contributed by atoms with Crippen LogP contribution in [0, 0.1) is 0 Å². The standard InChI is InChI=1S/C13H13NO3/c1-3-9-8-10(17-2)4-5-11(9)14-12(15)6-7-13(14)16/h3-5,8H,1,6-7H2,2H3. The molecule has 0 spiro atoms. The maximum Gasteiger partial charge on any atom is 0.234 e. The molecule has 1 aliphatic heterocycles. The van der Waals surface area contributed by atoms with Gasteiger partial charge in [0.15, 0.2) is 0 Å². The third-order valence-corrected chi connectivity index (χ3v) is 2.75. The average molecular weight is 231 g/mol. The van der Waals surface area contributed by atoms with Crippen LogP contribution in [0.15, 0.2) is 24.8 Å². The summed E-state index contributed by atoms with van der Waals surface area (Å²) in [6.45, 7) is 3.68. The Morgan fingerprint density at radius 2 is 1.94 bits per heavy atom. The van der Waals surface area contributed by atoms with Crippen molar-refractivity contribution in [1.29, 1.82) is 0 Å². The molecule has 0 radical (unpaired) electrons. The minimum atomic E-state index is -0.164. The number of nitrogens with zero attached hydrogens (tertiary/aromatic N) is 1. The Morgan fingerprint density at radius 3 is 2.47 bits per heavy atom. The molecule has 1 aromatic rings. The van der Waals surface area contributed by atoms with Gasteiger partial charge in [0.05, 0.1) is 12.8 Å². The summed E-state index contributed by atoms with van der Waals surface area (Å²) in [7, 11) is 1.56. The molecule has 0 aromatic heterocycles. The predicted octanol–water partition coefficient (Wildman–Crippen LogP) is 1.99. The highest BCUT2D eigenvalue weighted by molar-refractivity contribution is 6.20. The summed E-state index contributed by atoms with van der Waals surface area (Å²) in [6.07, 6.45) is 2.17. The first-order valence-electron chi connectivity index (χ1n) is 5.33. The number of anilines is 1. The molecule has 0 atom stereocenters. The van der Waals surface area contributed by atoms with Crippen LogP contribution in [0.25, 0.3) is 6.08 Å². The highest BCUT2D eigenvalue weighted by Gasteiger charge is 2.31. The van der Waals surface area contributed by atoms with Crippen LogP contribution in [0.3, 0.4) is 0 Å². The largest absolute Gasteiger partial charge is 0.497 e. The Morgan fingerprint density at radius 1 is 1.29 bits per heavy atom. The fourth-order valence-corrected chi connectivity index (χ4v) is 1.87. The van der Waals surface area contributed by atoms with E-state index < -0.39 is 0 Å². The second kappa shape index (κ2) is 4.41. The Bertz CT molecular complexity index is 477. The van der Waals surface area contributed by atoms with Gasteiger partial charge >= 0.3 is 0 Å². The molecule has 4 heteroatoms. The van der Waals surface area contributed by atoms with Gasteiger partial charge in [-0.1, -0.05) is 12.7 Å². The average Bonchev–Trinajstić information content (AvgIpc) is 2.68. The van der Waals surface area contributed by atoms with E-state index in [1.807, 2.05) is 0 Å². The number of methoxy groups -OCH3 is 1. The van der Waals surface area contributed by atoms with E-state index in [2.05, 4.69) is 6.58 Å². The van der Waals surface area contributed by atoms with Crippen molar-refractivity contribution >= 4 is 23.6 Å². The third-order valence-electron chi connectivity index (χ3n) is 2.75. The molecule has 0 saturated carbocycles. The van der Waals surface area contributed by atoms with Crippen molar-refractivity contribution in [2.75, 3.05) is 12.0 Å². The van der Waals surface area contributed by atoms with Gasteiger partial charge in [-0.25, -0.2) is 4.90 Å². The Hall–Kier alpha value is -2.10. The number of hydrogen-bond acceptors (Lipinski definition) is 3. The van der Waals surface area contributed by atoms with E-state index in [1.54, 1.807) is 31.4 Å². The van der Waals surface area contributed by atoms with Crippen molar-refractivity contribution < 1.29 is 14.3 Å². The highest BCUT2D eigenvalue weighted by Crippen LogP contribution is 2.30. The van der Waals surface area contributed by atoms with E-state index in [0.29, 0.717) is 17.0 Å². The maximum atomic E-state index is 11.6. The van der Waals surface area contributed by atoms with Crippen molar-refractivity contribution in [3.8, 4) is 5.75 Å². The minimum absolute atomic E-state index is 0.164. The molecule has 88 valence electrons. The van der Waals surface area contributed by atoms with Crippen LogP contribution in [-0.2, 0) is 9.59 Å². The van der Waals surface area contributed by atoms with Crippen LogP contribution in [0.1, 0.15) is 18.4 Å². The number of ether oxygens (including phenoxy) is 1. The number of carbonyl (C=O) groups is 2. The number of rotatable bonds is 3. The predicted molar refractivity (Wildman–Crippen MR) is 64.8 cm³/mol. The molecule has 0 unspecified atom stereocenters. The quantitative estimate of drug-likeness (QED) is 0.747. The Kier molecular flexibility index (Phi) is 2.95. The van der Waals surface area contributed by atoms with Crippen molar-refractivity contribution in [2.24, 2.45) is 0 Å². The van der Waals surface area contributed by atoms with E-state index in [9.17, 15) is 9.59 Å². The van der Waals surface area contributed by atoms with Crippen LogP contribution in [0.2, 0.25) is 0 Å². The van der Waals surface area contributed by atoms with Crippen LogP contribution in [-0.4, -0.2) is 18.9 Å². The minimum Gasteiger partial charge on any atom is -0.497 e. The first kappa shape index (κ1) is 11.4. The molecule has 0 N–H and O–H groups in total. The molecule has 17 heavy (non-hydrogen) atoms. The molecule has 1 heterocycles. The van der Waals surface area contributed by atoms with Gasteiger partial charge in [-0.15, -0.1) is 0 Å². The SMILES string of the molecule is C=Cc1cc(OC)ccc1N1C(=O)CCC1=O. The molecule has 0 aliphatic carbocycles. The lowest BCUT2D eigenvalue weighted by Crippen LogP contribution is -2.29. The van der Waals surface area contributed by atoms with Crippen molar-refractivity contribution in [3.63, 3.8) is 0 Å². The normalized spacial score (nSPS) is 15.2. The van der Waals surface area contributed by atoms with Gasteiger partial charge in [0.2, 0.25) is 11.8 Å². The van der Waals surface area contributed by atoms with E-state index in [-0.39, 0.29) is 24.7 Å². The second-order valence-electron chi connectivity index (χ2n) is 3.75. The lowest BCUT2D eigenvalue weighted by atomic mass is 10.1. The molecular weight excluding hydrogens is 218 g/mol. The van der Waals surface area contributed by atoms with Gasteiger partial charge in [-0.3, -0.25) is 9.59 Å². The Balaban J connectivity index is 2.47. The van der Waals surface area contributed by atoms with Crippen LogP contribution in [0.4, 0.5) is 5.69 Å². The zero-order chi connectivity index (χ0) is 12.4. The number of carbonyl (C=O) groups excluding carboxylic acids is 2. The topological polar surface area (TPSA) is 46.6 Å². The van der Waals surface area contributed by atoms with Gasteiger partial charge in [0, 0.05) is 18.4 Å². The molecular formula is C13H13NO3. The molecule has 2 rings (SSSR count).